The van der Waals surface area contributed by atoms with E-state index in [-0.39, 0.29) is 5.91 Å². The molecule has 1 N–H and O–H groups in total. The molecule has 1 aliphatic rings. The van der Waals surface area contributed by atoms with Crippen molar-refractivity contribution in [1.82, 2.24) is 40.0 Å². The number of tetrazole rings is 1. The summed E-state index contributed by atoms with van der Waals surface area (Å²) in [5.41, 5.74) is 5.81. The van der Waals surface area contributed by atoms with Crippen LogP contribution >= 0.6 is 0 Å². The molecule has 224 valence electrons. The fourth-order valence-corrected chi connectivity index (χ4v) is 5.79. The van der Waals surface area contributed by atoms with Crippen molar-refractivity contribution in [1.29, 1.82) is 0 Å². The molecule has 0 spiro atoms. The highest BCUT2D eigenvalue weighted by atomic mass is 16.2. The van der Waals surface area contributed by atoms with Gasteiger partial charge in [-0.15, -0.1) is 5.10 Å². The first-order valence-corrected chi connectivity index (χ1v) is 15.8. The minimum atomic E-state index is 0.112. The van der Waals surface area contributed by atoms with Crippen LogP contribution in [0, 0.1) is 11.8 Å². The van der Waals surface area contributed by atoms with E-state index in [1.165, 1.54) is 37.9 Å². The number of aryl methyl sites for hydroxylation is 1. The van der Waals surface area contributed by atoms with Crippen LogP contribution in [-0.4, -0.2) is 78.7 Å². The topological polar surface area (TPSA) is 95.3 Å². The number of fused-ring (bicyclic) bond motifs is 1. The third-order valence-electron chi connectivity index (χ3n) is 8.33. The summed E-state index contributed by atoms with van der Waals surface area (Å²) in [6.07, 6.45) is 9.82. The van der Waals surface area contributed by atoms with Gasteiger partial charge >= 0.3 is 0 Å². The summed E-state index contributed by atoms with van der Waals surface area (Å²) in [6.45, 7) is 13.9. The molecule has 9 heteroatoms. The highest BCUT2D eigenvalue weighted by molar-refractivity contribution is 5.95. The minimum Gasteiger partial charge on any atom is -0.339 e. The standard InChI is InChI=1S/C33H46N8O/c1-24(2)13-19-40(20-14-25(3)4)33(42)28-15-21-41-30(23-28)29(12-9-18-39-16-6-5-7-17-39)31(36-41)26-10-8-11-27(22-26)32-34-37-38-35-32/h8,10-11,15,21-25H,5-7,9,12-14,16-20H2,1-4H3,(H,34,35,37,38). The average molecular weight is 571 g/mol. The van der Waals surface area contributed by atoms with Crippen LogP contribution in [0.3, 0.4) is 0 Å². The van der Waals surface area contributed by atoms with Crippen LogP contribution in [-0.2, 0) is 6.42 Å². The highest BCUT2D eigenvalue weighted by Crippen LogP contribution is 2.31. The fourth-order valence-electron chi connectivity index (χ4n) is 5.79. The van der Waals surface area contributed by atoms with Crippen molar-refractivity contribution in [3.8, 4) is 22.6 Å². The van der Waals surface area contributed by atoms with E-state index >= 15 is 0 Å². The van der Waals surface area contributed by atoms with E-state index in [4.69, 9.17) is 5.10 Å². The Balaban J connectivity index is 1.48. The number of pyridine rings is 1. The largest absolute Gasteiger partial charge is 0.339 e. The summed E-state index contributed by atoms with van der Waals surface area (Å²) < 4.78 is 1.94. The van der Waals surface area contributed by atoms with Crippen molar-refractivity contribution in [2.24, 2.45) is 11.8 Å². The Hall–Kier alpha value is -3.59. The monoisotopic (exact) mass is 570 g/mol. The number of likely N-dealkylation sites (tertiary alicyclic amines) is 1. The number of piperidine rings is 1. The maximum absolute atomic E-state index is 13.9. The molecule has 1 aromatic carbocycles. The number of benzene rings is 1. The zero-order valence-electron chi connectivity index (χ0n) is 25.7. The van der Waals surface area contributed by atoms with Gasteiger partial charge in [-0.2, -0.15) is 5.10 Å². The van der Waals surface area contributed by atoms with E-state index in [1.807, 2.05) is 33.8 Å². The normalized spacial score (nSPS) is 14.3. The molecule has 4 aromatic rings. The first-order valence-electron chi connectivity index (χ1n) is 15.8. The van der Waals surface area contributed by atoms with Gasteiger partial charge < -0.3 is 9.80 Å². The lowest BCUT2D eigenvalue weighted by atomic mass is 9.99. The summed E-state index contributed by atoms with van der Waals surface area (Å²) in [4.78, 5) is 18.5. The molecule has 5 rings (SSSR count). The summed E-state index contributed by atoms with van der Waals surface area (Å²) in [5, 5.41) is 19.5. The summed E-state index contributed by atoms with van der Waals surface area (Å²) >= 11 is 0. The number of aromatic amines is 1. The Morgan fingerprint density at radius 1 is 0.976 bits per heavy atom. The lowest BCUT2D eigenvalue weighted by molar-refractivity contribution is 0.0741. The Labute approximate surface area is 249 Å². The van der Waals surface area contributed by atoms with E-state index in [1.54, 1.807) is 0 Å². The van der Waals surface area contributed by atoms with Crippen molar-refractivity contribution in [3.05, 3.63) is 53.7 Å². The molecule has 0 radical (unpaired) electrons. The Kier molecular flexibility index (Phi) is 10.00. The van der Waals surface area contributed by atoms with E-state index in [0.29, 0.717) is 17.7 Å². The second-order valence-corrected chi connectivity index (χ2v) is 12.6. The summed E-state index contributed by atoms with van der Waals surface area (Å²) in [7, 11) is 0. The zero-order chi connectivity index (χ0) is 29.5. The molecular formula is C33H46N8O. The lowest BCUT2D eigenvalue weighted by Gasteiger charge is -2.26. The number of carbonyl (C=O) groups excluding carboxylic acids is 1. The molecule has 9 nitrogen and oxygen atoms in total. The van der Waals surface area contributed by atoms with Crippen LogP contribution in [0.4, 0.5) is 0 Å². The smallest absolute Gasteiger partial charge is 0.253 e. The molecule has 4 heterocycles. The molecule has 1 amide bonds. The first kappa shape index (κ1) is 29.9. The van der Waals surface area contributed by atoms with Crippen LogP contribution < -0.4 is 0 Å². The fraction of sp³-hybridized carbons (Fsp3) is 0.545. The van der Waals surface area contributed by atoms with Crippen molar-refractivity contribution >= 4 is 11.4 Å². The number of H-pyrrole nitrogens is 1. The first-order chi connectivity index (χ1) is 20.4. The van der Waals surface area contributed by atoms with E-state index in [9.17, 15) is 4.79 Å². The van der Waals surface area contributed by atoms with Gasteiger partial charge in [0, 0.05) is 41.5 Å². The van der Waals surface area contributed by atoms with Crippen LogP contribution in [0.5, 0.6) is 0 Å². The molecule has 3 aromatic heterocycles. The van der Waals surface area contributed by atoms with Gasteiger partial charge in [-0.25, -0.2) is 9.61 Å². The lowest BCUT2D eigenvalue weighted by Crippen LogP contribution is -2.34. The van der Waals surface area contributed by atoms with Crippen LogP contribution in [0.2, 0.25) is 0 Å². The second kappa shape index (κ2) is 14.1. The van der Waals surface area contributed by atoms with Gasteiger partial charge in [0.05, 0.1) is 11.2 Å². The summed E-state index contributed by atoms with van der Waals surface area (Å²) in [6, 6.07) is 12.2. The quantitative estimate of drug-likeness (QED) is 0.208. The van der Waals surface area contributed by atoms with Gasteiger partial charge in [-0.1, -0.05) is 52.3 Å². The Morgan fingerprint density at radius 3 is 2.40 bits per heavy atom. The Morgan fingerprint density at radius 2 is 1.71 bits per heavy atom. The molecule has 1 saturated heterocycles. The van der Waals surface area contributed by atoms with Gasteiger partial charge in [0.25, 0.3) is 5.91 Å². The molecule has 0 aliphatic carbocycles. The number of rotatable bonds is 13. The van der Waals surface area contributed by atoms with Crippen molar-refractivity contribution < 1.29 is 4.79 Å². The van der Waals surface area contributed by atoms with Crippen LogP contribution in [0.1, 0.15) is 82.1 Å². The van der Waals surface area contributed by atoms with Gasteiger partial charge in [-0.3, -0.25) is 4.79 Å². The molecule has 0 atom stereocenters. The molecule has 0 saturated carbocycles. The summed E-state index contributed by atoms with van der Waals surface area (Å²) in [5.74, 6) is 1.84. The van der Waals surface area contributed by atoms with Gasteiger partial charge in [0.1, 0.15) is 0 Å². The number of nitrogens with zero attached hydrogens (tertiary/aromatic N) is 7. The molecular weight excluding hydrogens is 524 g/mol. The number of aromatic nitrogens is 6. The third kappa shape index (κ3) is 7.43. The second-order valence-electron chi connectivity index (χ2n) is 12.6. The SMILES string of the molecule is CC(C)CCN(CCC(C)C)C(=O)c1ccn2nc(-c3cccc(-c4nnn[nH]4)c3)c(CCCN3CCCCC3)c2c1. The predicted molar refractivity (Wildman–Crippen MR) is 167 cm³/mol. The number of amides is 1. The molecule has 1 aliphatic heterocycles. The minimum absolute atomic E-state index is 0.112. The molecule has 0 unspecified atom stereocenters. The maximum Gasteiger partial charge on any atom is 0.253 e. The maximum atomic E-state index is 13.9. The van der Waals surface area contributed by atoms with Crippen molar-refractivity contribution in [2.45, 2.75) is 72.6 Å². The van der Waals surface area contributed by atoms with Crippen molar-refractivity contribution in [3.63, 3.8) is 0 Å². The van der Waals surface area contributed by atoms with E-state index in [2.05, 4.69) is 71.4 Å². The Bertz CT molecular complexity index is 1420. The highest BCUT2D eigenvalue weighted by Gasteiger charge is 2.21. The average Bonchev–Trinajstić information content (AvgIpc) is 3.66. The van der Waals surface area contributed by atoms with Crippen LogP contribution in [0.15, 0.2) is 42.6 Å². The number of carbonyl (C=O) groups is 1. The van der Waals surface area contributed by atoms with Crippen molar-refractivity contribution in [2.75, 3.05) is 32.7 Å². The number of hydrogen-bond donors (Lipinski definition) is 1. The molecule has 42 heavy (non-hydrogen) atoms. The molecule has 0 bridgehead atoms. The number of nitrogens with one attached hydrogen (secondary N) is 1. The molecule has 1 fully saturated rings. The van der Waals surface area contributed by atoms with Gasteiger partial charge in [0.15, 0.2) is 5.82 Å². The van der Waals surface area contributed by atoms with E-state index in [0.717, 1.165) is 73.2 Å². The number of hydrogen-bond acceptors (Lipinski definition) is 6. The van der Waals surface area contributed by atoms with Crippen LogP contribution in [0.25, 0.3) is 28.2 Å². The predicted octanol–water partition coefficient (Wildman–Crippen LogP) is 6.13. The zero-order valence-corrected chi connectivity index (χ0v) is 25.7. The van der Waals surface area contributed by atoms with Gasteiger partial charge in [0.2, 0.25) is 0 Å². The third-order valence-corrected chi connectivity index (χ3v) is 8.33. The van der Waals surface area contributed by atoms with E-state index < -0.39 is 0 Å². The van der Waals surface area contributed by atoms with Gasteiger partial charge in [-0.05, 0) is 98.6 Å².